The number of ether oxygens (including phenoxy) is 3. The van der Waals surface area contributed by atoms with Crippen molar-refractivity contribution >= 4 is 43.6 Å². The maximum atomic E-state index is 12.3. The molecule has 0 saturated carbocycles. The zero-order valence-corrected chi connectivity index (χ0v) is 34.5. The van der Waals surface area contributed by atoms with Gasteiger partial charge in [-0.3, -0.25) is 19.2 Å². The highest BCUT2D eigenvalue weighted by Gasteiger charge is 2.33. The van der Waals surface area contributed by atoms with Gasteiger partial charge in [0, 0.05) is 12.5 Å². The van der Waals surface area contributed by atoms with Gasteiger partial charge in [0.1, 0.15) is 27.8 Å². The van der Waals surface area contributed by atoms with Gasteiger partial charge in [-0.1, -0.05) is 74.5 Å². The van der Waals surface area contributed by atoms with Gasteiger partial charge >= 0.3 is 23.9 Å². The number of esters is 3. The Balaban J connectivity index is 0.000000843. The number of sulfone groups is 2. The van der Waals surface area contributed by atoms with Gasteiger partial charge < -0.3 is 24.4 Å². The SMILES string of the molecule is C[C@H](CC(=O)OC(C)(C)C)C(=O)O.C[C@H](CC(=O)OC(C)(C)C)C(=O)O[C@@H](C)[C@@H](c1ccccc1)S(C)(=O)=O.C[C@H](O)[C@@H](c1ccccc1)S(C)(=O)=O. The van der Waals surface area contributed by atoms with Crippen LogP contribution in [0.3, 0.4) is 0 Å². The Hall–Kier alpha value is -3.82. The standard InChI is InChI=1S/C19H28O6S.C10H14O3S.C9H16O4/c1-13(12-16(20)25-19(3,4)5)18(21)24-14(2)17(26(6,22)23)15-10-8-7-9-11-15;1-8(11)10(14(2,12)13)9-6-4-3-5-7-9;1-6(8(11)12)5-7(10)13-9(2,3)4/h7-11,13-14,17H,12H2,1-6H3;3-8,10-11H,1-2H3;6H,5H2,1-4H3,(H,11,12)/t13-,14+,17+;8-,10-;6-/m101/s1. The third-order valence-electron chi connectivity index (χ3n) is 6.95. The summed E-state index contributed by atoms with van der Waals surface area (Å²) in [5.41, 5.74) is -0.00190. The van der Waals surface area contributed by atoms with Crippen molar-refractivity contribution in [1.29, 1.82) is 0 Å². The quantitative estimate of drug-likeness (QED) is 0.186. The molecule has 0 aromatic heterocycles. The van der Waals surface area contributed by atoms with E-state index in [1.165, 1.54) is 20.8 Å². The molecule has 2 aromatic rings. The average molecular weight is 787 g/mol. The highest BCUT2D eigenvalue weighted by molar-refractivity contribution is 7.91. The summed E-state index contributed by atoms with van der Waals surface area (Å²) >= 11 is 0. The second-order valence-corrected chi connectivity index (χ2v) is 19.3. The Bertz CT molecular complexity index is 1670. The van der Waals surface area contributed by atoms with Crippen molar-refractivity contribution < 1.29 is 60.4 Å². The van der Waals surface area contributed by atoms with Crippen molar-refractivity contribution in [2.45, 2.75) is 116 Å². The molecule has 0 bridgehead atoms. The Morgan fingerprint density at radius 3 is 1.26 bits per heavy atom. The molecule has 0 fully saturated rings. The van der Waals surface area contributed by atoms with E-state index in [1.807, 2.05) is 6.07 Å². The van der Waals surface area contributed by atoms with Gasteiger partial charge in [-0.15, -0.1) is 0 Å². The lowest BCUT2D eigenvalue weighted by Crippen LogP contribution is -2.32. The van der Waals surface area contributed by atoms with E-state index in [1.54, 1.807) is 103 Å². The van der Waals surface area contributed by atoms with Crippen LogP contribution in [0, 0.1) is 11.8 Å². The van der Waals surface area contributed by atoms with Crippen LogP contribution in [0.15, 0.2) is 60.7 Å². The lowest BCUT2D eigenvalue weighted by atomic mass is 10.1. The number of carbonyl (C=O) groups excluding carboxylic acids is 3. The molecule has 0 aliphatic carbocycles. The van der Waals surface area contributed by atoms with Crippen molar-refractivity contribution in [1.82, 2.24) is 0 Å². The van der Waals surface area contributed by atoms with Gasteiger partial charge in [0.15, 0.2) is 19.7 Å². The normalized spacial score (nSPS) is 15.3. The highest BCUT2D eigenvalue weighted by Crippen LogP contribution is 2.28. The highest BCUT2D eigenvalue weighted by atomic mass is 32.2. The fourth-order valence-corrected chi connectivity index (χ4v) is 7.60. The summed E-state index contributed by atoms with van der Waals surface area (Å²) in [4.78, 5) is 45.6. The molecule has 2 N–H and O–H groups in total. The summed E-state index contributed by atoms with van der Waals surface area (Å²) in [7, 11) is -6.77. The summed E-state index contributed by atoms with van der Waals surface area (Å²) in [5.74, 6) is -4.00. The second-order valence-electron chi connectivity index (χ2n) is 14.9. The van der Waals surface area contributed by atoms with Crippen LogP contribution < -0.4 is 0 Å². The first-order chi connectivity index (χ1) is 24.0. The van der Waals surface area contributed by atoms with Gasteiger partial charge in [0.2, 0.25) is 0 Å². The molecule has 15 heteroatoms. The first kappa shape index (κ1) is 49.2. The number of aliphatic hydroxyl groups excluding tert-OH is 1. The second kappa shape index (κ2) is 21.2. The van der Waals surface area contributed by atoms with E-state index >= 15 is 0 Å². The largest absolute Gasteiger partial charge is 0.481 e. The van der Waals surface area contributed by atoms with Crippen LogP contribution in [0.2, 0.25) is 0 Å². The molecule has 0 aliphatic heterocycles. The minimum atomic E-state index is -3.50. The molecule has 13 nitrogen and oxygen atoms in total. The topological polar surface area (TPSA) is 205 Å². The third kappa shape index (κ3) is 20.9. The molecule has 0 amide bonds. The molecule has 0 unspecified atom stereocenters. The molecular weight excluding hydrogens is 729 g/mol. The molecule has 0 heterocycles. The first-order valence-electron chi connectivity index (χ1n) is 17.0. The molecule has 0 radical (unpaired) electrons. The molecular formula is C38H58O13S2. The van der Waals surface area contributed by atoms with Crippen molar-refractivity contribution in [3.8, 4) is 0 Å². The number of carboxylic acid groups (broad SMARTS) is 1. The first-order valence-corrected chi connectivity index (χ1v) is 20.9. The molecule has 0 spiro atoms. The van der Waals surface area contributed by atoms with Crippen molar-refractivity contribution in [2.75, 3.05) is 12.5 Å². The van der Waals surface area contributed by atoms with Crippen LogP contribution in [0.25, 0.3) is 0 Å². The molecule has 300 valence electrons. The molecule has 6 atom stereocenters. The Morgan fingerprint density at radius 2 is 0.962 bits per heavy atom. The fraction of sp³-hybridized carbons (Fsp3) is 0.579. The summed E-state index contributed by atoms with van der Waals surface area (Å²) in [6.07, 6.45) is 0.259. The van der Waals surface area contributed by atoms with Crippen LogP contribution in [0.4, 0.5) is 0 Å². The van der Waals surface area contributed by atoms with E-state index in [0.29, 0.717) is 11.1 Å². The smallest absolute Gasteiger partial charge is 0.309 e. The lowest BCUT2D eigenvalue weighted by Gasteiger charge is -2.25. The van der Waals surface area contributed by atoms with E-state index in [2.05, 4.69) is 0 Å². The van der Waals surface area contributed by atoms with E-state index in [0.717, 1.165) is 12.5 Å². The number of aliphatic carboxylic acids is 1. The van der Waals surface area contributed by atoms with Crippen molar-refractivity contribution in [2.24, 2.45) is 11.8 Å². The molecule has 0 saturated heterocycles. The monoisotopic (exact) mass is 786 g/mol. The minimum absolute atomic E-state index is 0.0768. The van der Waals surface area contributed by atoms with Crippen LogP contribution in [-0.4, -0.2) is 86.8 Å². The lowest BCUT2D eigenvalue weighted by molar-refractivity contribution is -0.163. The maximum Gasteiger partial charge on any atom is 0.309 e. The molecule has 53 heavy (non-hydrogen) atoms. The number of hydrogen-bond donors (Lipinski definition) is 2. The predicted molar refractivity (Wildman–Crippen MR) is 202 cm³/mol. The third-order valence-corrected chi connectivity index (χ3v) is 10.1. The van der Waals surface area contributed by atoms with Crippen molar-refractivity contribution in [3.63, 3.8) is 0 Å². The van der Waals surface area contributed by atoms with Gasteiger partial charge in [-0.2, -0.15) is 0 Å². The molecule has 2 rings (SSSR count). The molecule has 0 aliphatic rings. The van der Waals surface area contributed by atoms with Crippen LogP contribution in [0.5, 0.6) is 0 Å². The van der Waals surface area contributed by atoms with E-state index in [4.69, 9.17) is 19.3 Å². The Kier molecular flexibility index (Phi) is 19.6. The Morgan fingerprint density at radius 1 is 0.623 bits per heavy atom. The summed E-state index contributed by atoms with van der Waals surface area (Å²) in [6, 6.07) is 17.3. The zero-order valence-electron chi connectivity index (χ0n) is 32.9. The van der Waals surface area contributed by atoms with E-state index in [-0.39, 0.29) is 12.8 Å². The van der Waals surface area contributed by atoms with Crippen LogP contribution >= 0.6 is 0 Å². The Labute approximate surface area is 315 Å². The number of carbonyl (C=O) groups is 4. The summed E-state index contributed by atoms with van der Waals surface area (Å²) < 4.78 is 62.7. The van der Waals surface area contributed by atoms with Crippen LogP contribution in [-0.2, 0) is 53.1 Å². The van der Waals surface area contributed by atoms with E-state index < -0.39 is 89.3 Å². The average Bonchev–Trinajstić information content (AvgIpc) is 2.95. The zero-order chi connectivity index (χ0) is 41.5. The number of rotatable bonds is 13. The number of benzene rings is 2. The predicted octanol–water partition coefficient (Wildman–Crippen LogP) is 5.66. The number of hydrogen-bond acceptors (Lipinski definition) is 12. The van der Waals surface area contributed by atoms with Crippen molar-refractivity contribution in [3.05, 3.63) is 71.8 Å². The molecule has 2 aromatic carbocycles. The van der Waals surface area contributed by atoms with Gasteiger partial charge in [0.05, 0.1) is 30.8 Å². The van der Waals surface area contributed by atoms with Gasteiger partial charge in [-0.05, 0) is 66.5 Å². The van der Waals surface area contributed by atoms with Gasteiger partial charge in [-0.25, -0.2) is 16.8 Å². The maximum absolute atomic E-state index is 12.3. The number of carboxylic acids is 1. The van der Waals surface area contributed by atoms with Crippen LogP contribution in [0.1, 0.15) is 104 Å². The van der Waals surface area contributed by atoms with E-state index in [9.17, 15) is 41.1 Å². The minimum Gasteiger partial charge on any atom is -0.481 e. The summed E-state index contributed by atoms with van der Waals surface area (Å²) in [5, 5.41) is 16.1. The van der Waals surface area contributed by atoms with Gasteiger partial charge in [0.25, 0.3) is 0 Å². The number of aliphatic hydroxyl groups is 1. The fourth-order valence-electron chi connectivity index (χ4n) is 4.83. The summed E-state index contributed by atoms with van der Waals surface area (Å²) in [6.45, 7) is 16.5.